The first kappa shape index (κ1) is 38.2. The molecule has 1 saturated carbocycles. The summed E-state index contributed by atoms with van der Waals surface area (Å²) in [6, 6.07) is 4.33. The quantitative estimate of drug-likeness (QED) is 0.0957. The topological polar surface area (TPSA) is 108 Å². The number of ketones is 1. The number of nitrogens with zero attached hydrogens (tertiary/aromatic N) is 1. The number of piperidine rings is 1. The van der Waals surface area contributed by atoms with E-state index in [1.54, 1.807) is 13.0 Å². The minimum Gasteiger partial charge on any atom is -0.504 e. The Morgan fingerprint density at radius 1 is 1.11 bits per heavy atom. The van der Waals surface area contributed by atoms with Crippen LogP contribution in [0.1, 0.15) is 115 Å². The van der Waals surface area contributed by atoms with Crippen LogP contribution < -0.4 is 10.1 Å². The highest BCUT2D eigenvalue weighted by atomic mass is 31.0. The molecule has 2 heterocycles. The number of carbonyl (C=O) groups excluding carboxylic acids is 2. The molecule has 8 atom stereocenters. The molecule has 1 amide bonds. The van der Waals surface area contributed by atoms with Crippen LogP contribution in [0.2, 0.25) is 0 Å². The number of aliphatic hydroxyl groups is 1. The standard InChI is InChI=1S/C36H55N2O6P.CH5P/c1-23(24(2)39)10-8-9-20-37-31(41)12-7-5-4-6-11-26(45)14-18-32(42)43-30-17-15-27-28-22-25-13-16-29(40)34-33(25)36(27,35(30)44-34)19-21-38(28)3;1-2/h13,16,23,27-28,30,32,35,40,42,45H,4-12,14-15,17-22H2,1-3H3,(H,37,41);2H2,1H3. The molecule has 47 heavy (non-hydrogen) atoms. The molecule has 8 unspecified atom stereocenters. The molecule has 2 bridgehead atoms. The Bertz CT molecular complexity index is 1230. The Morgan fingerprint density at radius 3 is 2.60 bits per heavy atom. The minimum atomic E-state index is -0.864. The van der Waals surface area contributed by atoms with Crippen molar-refractivity contribution in [2.45, 2.75) is 140 Å². The third kappa shape index (κ3) is 8.97. The van der Waals surface area contributed by atoms with Crippen molar-refractivity contribution in [3.63, 3.8) is 0 Å². The van der Waals surface area contributed by atoms with Crippen LogP contribution >= 0.6 is 18.1 Å². The summed E-state index contributed by atoms with van der Waals surface area (Å²) in [6.07, 6.45) is 12.2. The van der Waals surface area contributed by atoms with E-state index in [1.807, 2.05) is 13.6 Å². The maximum absolute atomic E-state index is 12.1. The number of carbonyl (C=O) groups is 2. The van der Waals surface area contributed by atoms with Crippen molar-refractivity contribution in [1.82, 2.24) is 10.2 Å². The van der Waals surface area contributed by atoms with Gasteiger partial charge in [0.05, 0.1) is 6.10 Å². The van der Waals surface area contributed by atoms with Crippen molar-refractivity contribution >= 4 is 35.1 Å². The molecular weight excluding hydrogens is 630 g/mol. The van der Waals surface area contributed by atoms with Gasteiger partial charge < -0.3 is 29.9 Å². The highest BCUT2D eigenvalue weighted by Gasteiger charge is 2.65. The summed E-state index contributed by atoms with van der Waals surface area (Å²) in [5.74, 6) is 1.81. The van der Waals surface area contributed by atoms with Gasteiger partial charge in [-0.3, -0.25) is 9.59 Å². The molecule has 264 valence electrons. The van der Waals surface area contributed by atoms with Crippen LogP contribution in [0.25, 0.3) is 0 Å². The molecule has 3 N–H and O–H groups in total. The number of benzene rings is 1. The van der Waals surface area contributed by atoms with E-state index in [2.05, 4.69) is 41.4 Å². The molecule has 1 aromatic rings. The van der Waals surface area contributed by atoms with Gasteiger partial charge in [0.15, 0.2) is 17.8 Å². The summed E-state index contributed by atoms with van der Waals surface area (Å²) >= 11 is 0. The molecule has 2 fully saturated rings. The van der Waals surface area contributed by atoms with Crippen molar-refractivity contribution in [2.24, 2.45) is 11.8 Å². The number of phenols is 1. The Morgan fingerprint density at radius 2 is 1.85 bits per heavy atom. The van der Waals surface area contributed by atoms with Gasteiger partial charge in [0.2, 0.25) is 5.91 Å². The molecule has 1 spiro atoms. The van der Waals surface area contributed by atoms with Gasteiger partial charge in [-0.15, -0.1) is 18.1 Å². The second-order valence-electron chi connectivity index (χ2n) is 14.3. The molecule has 0 radical (unpaired) electrons. The van der Waals surface area contributed by atoms with Gasteiger partial charge >= 0.3 is 0 Å². The molecule has 5 rings (SSSR count). The molecule has 4 aliphatic rings. The highest BCUT2D eigenvalue weighted by Crippen LogP contribution is 2.64. The van der Waals surface area contributed by atoms with Crippen LogP contribution in [0.3, 0.4) is 0 Å². The molecule has 10 heteroatoms. The first-order valence-electron chi connectivity index (χ1n) is 18.1. The summed E-state index contributed by atoms with van der Waals surface area (Å²) in [6.45, 7) is 7.21. The van der Waals surface area contributed by atoms with E-state index < -0.39 is 6.29 Å². The average molecular weight is 691 g/mol. The minimum absolute atomic E-state index is 0.112. The van der Waals surface area contributed by atoms with Gasteiger partial charge in [0, 0.05) is 42.3 Å². The lowest BCUT2D eigenvalue weighted by Gasteiger charge is -2.59. The number of unbranched alkanes of at least 4 members (excludes halogenated alkanes) is 4. The second kappa shape index (κ2) is 17.9. The maximum Gasteiger partial charge on any atom is 0.219 e. The summed E-state index contributed by atoms with van der Waals surface area (Å²) in [5, 5.41) is 25.9. The highest BCUT2D eigenvalue weighted by molar-refractivity contribution is 7.21. The molecule has 1 saturated heterocycles. The number of amides is 1. The largest absolute Gasteiger partial charge is 0.504 e. The molecule has 2 aliphatic carbocycles. The van der Waals surface area contributed by atoms with Crippen molar-refractivity contribution in [3.05, 3.63) is 23.3 Å². The van der Waals surface area contributed by atoms with E-state index >= 15 is 0 Å². The monoisotopic (exact) mass is 690 g/mol. The zero-order valence-electron chi connectivity index (χ0n) is 29.2. The smallest absolute Gasteiger partial charge is 0.219 e. The lowest BCUT2D eigenvalue weighted by Crippen LogP contribution is -2.66. The summed E-state index contributed by atoms with van der Waals surface area (Å²) in [5.41, 5.74) is 2.36. The van der Waals surface area contributed by atoms with Gasteiger partial charge in [0.1, 0.15) is 11.9 Å². The third-order valence-electron chi connectivity index (χ3n) is 11.3. The van der Waals surface area contributed by atoms with Gasteiger partial charge in [-0.05, 0) is 108 Å². The molecule has 2 aliphatic heterocycles. The zero-order chi connectivity index (χ0) is 34.1. The van der Waals surface area contributed by atoms with Crippen LogP contribution in [-0.2, 0) is 26.2 Å². The number of rotatable bonds is 18. The van der Waals surface area contributed by atoms with Gasteiger partial charge in [-0.25, -0.2) is 0 Å². The molecule has 0 aromatic heterocycles. The first-order chi connectivity index (χ1) is 22.6. The lowest BCUT2D eigenvalue weighted by molar-refractivity contribution is -0.195. The van der Waals surface area contributed by atoms with Gasteiger partial charge in [0.25, 0.3) is 0 Å². The fraction of sp³-hybridized carbons (Fsp3) is 0.757. The predicted molar refractivity (Wildman–Crippen MR) is 195 cm³/mol. The van der Waals surface area contributed by atoms with Crippen LogP contribution in [0, 0.1) is 11.8 Å². The van der Waals surface area contributed by atoms with Crippen molar-refractivity contribution in [3.8, 4) is 11.5 Å². The van der Waals surface area contributed by atoms with Gasteiger partial charge in [-0.2, -0.15) is 0 Å². The SMILES string of the molecule is CC(=O)C(C)CCCCNC(=O)CCCCCCC(=P)CCC(O)OC1CCC2C3Cc4ccc(O)c5c4C2(CCN3C)C1O5.CP. The van der Waals surface area contributed by atoms with Crippen molar-refractivity contribution in [1.29, 1.82) is 0 Å². The number of hydrogen-bond acceptors (Lipinski definition) is 7. The number of likely N-dealkylation sites (tertiary alicyclic amines) is 1. The van der Waals surface area contributed by atoms with Crippen LogP contribution in [-0.4, -0.2) is 83.4 Å². The predicted octanol–water partition coefficient (Wildman–Crippen LogP) is 6.20. The molecule has 1 aromatic carbocycles. The first-order valence-corrected chi connectivity index (χ1v) is 19.7. The van der Waals surface area contributed by atoms with Crippen LogP contribution in [0.4, 0.5) is 0 Å². The Hall–Kier alpha value is -1.56. The third-order valence-corrected chi connectivity index (χ3v) is 11.8. The maximum atomic E-state index is 12.1. The number of nitrogens with one attached hydrogen (secondary N) is 1. The normalized spacial score (nSPS) is 26.7. The van der Waals surface area contributed by atoms with E-state index in [0.717, 1.165) is 90.0 Å². The van der Waals surface area contributed by atoms with Crippen LogP contribution in [0.15, 0.2) is 12.1 Å². The van der Waals surface area contributed by atoms with Crippen molar-refractivity contribution in [2.75, 3.05) is 26.8 Å². The number of ether oxygens (including phenoxy) is 2. The lowest BCUT2D eigenvalue weighted by atomic mass is 9.51. The van der Waals surface area contributed by atoms with E-state index in [0.29, 0.717) is 37.1 Å². The zero-order valence-corrected chi connectivity index (χ0v) is 31.3. The molecular formula is C37H60N2O6P2. The second-order valence-corrected chi connectivity index (χ2v) is 15.0. The Labute approximate surface area is 287 Å². The summed E-state index contributed by atoms with van der Waals surface area (Å²) < 4.78 is 12.9. The van der Waals surface area contributed by atoms with Gasteiger partial charge in [-0.1, -0.05) is 38.9 Å². The number of phenolic OH excluding ortho intramolecular Hbond substituents is 1. The molecule has 8 nitrogen and oxygen atoms in total. The Kier molecular flexibility index (Phi) is 14.6. The van der Waals surface area contributed by atoms with Crippen molar-refractivity contribution < 1.29 is 29.3 Å². The van der Waals surface area contributed by atoms with E-state index in [9.17, 15) is 19.8 Å². The Balaban J connectivity index is 0.00000245. The number of aliphatic hydroxyl groups excluding tert-OH is 1. The van der Waals surface area contributed by atoms with E-state index in [1.165, 1.54) is 16.4 Å². The summed E-state index contributed by atoms with van der Waals surface area (Å²) in [7, 11) is 8.44. The number of aromatic hydroxyl groups is 1. The fourth-order valence-electron chi connectivity index (χ4n) is 8.59. The van der Waals surface area contributed by atoms with Crippen LogP contribution in [0.5, 0.6) is 11.5 Å². The number of hydrogen-bond donors (Lipinski definition) is 3. The number of Topliss-reactive ketones (excluding diaryl/α,β-unsaturated/α-hetero) is 1. The summed E-state index contributed by atoms with van der Waals surface area (Å²) in [4.78, 5) is 25.9. The van der Waals surface area contributed by atoms with E-state index in [-0.39, 0.29) is 41.0 Å². The average Bonchev–Trinajstić information content (AvgIpc) is 3.42. The van der Waals surface area contributed by atoms with E-state index in [4.69, 9.17) is 9.47 Å². The number of likely N-dealkylation sites (N-methyl/N-ethyl adjacent to an activating group) is 1. The fourth-order valence-corrected chi connectivity index (χ4v) is 8.91.